The van der Waals surface area contributed by atoms with Crippen LogP contribution in [0, 0.1) is 12.0 Å². The predicted molar refractivity (Wildman–Crippen MR) is 55.6 cm³/mol. The highest BCUT2D eigenvalue weighted by Gasteiger charge is 2.08. The second-order valence-corrected chi connectivity index (χ2v) is 3.29. The fourth-order valence-electron chi connectivity index (χ4n) is 0.693. The van der Waals surface area contributed by atoms with Crippen LogP contribution in [0.1, 0.15) is 6.92 Å². The van der Waals surface area contributed by atoms with E-state index in [9.17, 15) is 0 Å². The molecule has 0 aliphatic rings. The van der Waals surface area contributed by atoms with Gasteiger partial charge in [-0.3, -0.25) is 0 Å². The molecule has 0 aliphatic heterocycles. The first-order valence-corrected chi connectivity index (χ1v) is 4.52. The van der Waals surface area contributed by atoms with E-state index in [0.29, 0.717) is 10.8 Å². The molecule has 0 heterocycles. The molecule has 4 heteroatoms. The number of hydrogen-bond donors (Lipinski definition) is 0. The maximum atomic E-state index is 5.83. The van der Waals surface area contributed by atoms with Crippen molar-refractivity contribution in [2.75, 3.05) is 0 Å². The van der Waals surface area contributed by atoms with Gasteiger partial charge in [0.1, 0.15) is 11.1 Å². The summed E-state index contributed by atoms with van der Waals surface area (Å²) in [6.07, 6.45) is 2.42. The number of benzene rings is 1. The normalized spacial score (nSPS) is 8.92. The first-order chi connectivity index (χ1) is 6.16. The van der Waals surface area contributed by atoms with Gasteiger partial charge in [0.2, 0.25) is 0 Å². The third-order valence-electron chi connectivity index (χ3n) is 1.26. The van der Waals surface area contributed by atoms with Crippen molar-refractivity contribution in [1.29, 1.82) is 0 Å². The van der Waals surface area contributed by atoms with E-state index in [1.807, 2.05) is 0 Å². The van der Waals surface area contributed by atoms with Gasteiger partial charge in [-0.25, -0.2) is 0 Å². The van der Waals surface area contributed by atoms with Gasteiger partial charge in [-0.05, 0) is 12.1 Å². The molecule has 0 N–H and O–H groups in total. The molecular weight excluding hydrogens is 230 g/mol. The molecule has 0 bridgehead atoms. The lowest BCUT2D eigenvalue weighted by atomic mass is 10.3. The van der Waals surface area contributed by atoms with Crippen molar-refractivity contribution < 1.29 is 4.74 Å². The van der Waals surface area contributed by atoms with Crippen molar-refractivity contribution in [2.45, 2.75) is 6.92 Å². The lowest BCUT2D eigenvalue weighted by Gasteiger charge is -2.03. The smallest absolute Gasteiger partial charge is 0.160 e. The summed E-state index contributed by atoms with van der Waals surface area (Å²) in [5.74, 6) is 2.98. The predicted octanol–water partition coefficient (Wildman–Crippen LogP) is 4.01. The van der Waals surface area contributed by atoms with Gasteiger partial charge in [0, 0.05) is 6.92 Å². The highest BCUT2D eigenvalue weighted by Crippen LogP contribution is 2.36. The van der Waals surface area contributed by atoms with Crippen LogP contribution in [0.4, 0.5) is 0 Å². The van der Waals surface area contributed by atoms with Gasteiger partial charge in [-0.15, -0.1) is 0 Å². The SMILES string of the molecule is CC#COc1ccc(Cl)c(Cl)c1Cl. The lowest BCUT2D eigenvalue weighted by molar-refractivity contribution is 0.520. The van der Waals surface area contributed by atoms with Gasteiger partial charge in [0.15, 0.2) is 5.75 Å². The van der Waals surface area contributed by atoms with Crippen LogP contribution in [0.5, 0.6) is 5.75 Å². The van der Waals surface area contributed by atoms with Crippen molar-refractivity contribution in [2.24, 2.45) is 0 Å². The van der Waals surface area contributed by atoms with E-state index >= 15 is 0 Å². The van der Waals surface area contributed by atoms with E-state index in [1.165, 1.54) is 0 Å². The van der Waals surface area contributed by atoms with Crippen LogP contribution >= 0.6 is 34.8 Å². The van der Waals surface area contributed by atoms with E-state index in [0.717, 1.165) is 0 Å². The Balaban J connectivity index is 3.08. The zero-order valence-electron chi connectivity index (χ0n) is 6.70. The molecule has 1 nitrogen and oxygen atoms in total. The van der Waals surface area contributed by atoms with Crippen molar-refractivity contribution in [3.05, 3.63) is 27.2 Å². The average Bonchev–Trinajstić information content (AvgIpc) is 2.13. The summed E-state index contributed by atoms with van der Waals surface area (Å²) >= 11 is 17.3. The van der Waals surface area contributed by atoms with Gasteiger partial charge >= 0.3 is 0 Å². The average molecular weight is 235 g/mol. The van der Waals surface area contributed by atoms with Crippen LogP contribution in [0.25, 0.3) is 0 Å². The Morgan fingerprint density at radius 1 is 1.15 bits per heavy atom. The quantitative estimate of drug-likeness (QED) is 0.528. The van der Waals surface area contributed by atoms with Gasteiger partial charge in [-0.1, -0.05) is 40.7 Å². The molecule has 0 fully saturated rings. The van der Waals surface area contributed by atoms with Crippen molar-refractivity contribution in [3.8, 4) is 17.8 Å². The highest BCUT2D eigenvalue weighted by atomic mass is 35.5. The molecule has 0 saturated carbocycles. The molecule has 1 aromatic carbocycles. The van der Waals surface area contributed by atoms with E-state index in [1.54, 1.807) is 19.1 Å². The summed E-state index contributed by atoms with van der Waals surface area (Å²) in [6, 6.07) is 3.21. The van der Waals surface area contributed by atoms with Crippen LogP contribution in [0.15, 0.2) is 12.1 Å². The van der Waals surface area contributed by atoms with Gasteiger partial charge < -0.3 is 4.74 Å². The Kier molecular flexibility index (Phi) is 3.74. The Labute approximate surface area is 91.5 Å². The molecule has 13 heavy (non-hydrogen) atoms. The zero-order valence-corrected chi connectivity index (χ0v) is 8.96. The largest absolute Gasteiger partial charge is 0.406 e. The first kappa shape index (κ1) is 10.5. The maximum absolute atomic E-state index is 5.83. The van der Waals surface area contributed by atoms with E-state index < -0.39 is 0 Å². The van der Waals surface area contributed by atoms with Crippen LogP contribution in [-0.4, -0.2) is 0 Å². The van der Waals surface area contributed by atoms with Crippen molar-refractivity contribution in [1.82, 2.24) is 0 Å². The highest BCUT2D eigenvalue weighted by molar-refractivity contribution is 6.48. The van der Waals surface area contributed by atoms with E-state index in [2.05, 4.69) is 12.0 Å². The van der Waals surface area contributed by atoms with Gasteiger partial charge in [0.25, 0.3) is 0 Å². The Bertz CT molecular complexity index is 376. The molecule has 0 atom stereocenters. The van der Waals surface area contributed by atoms with Crippen LogP contribution in [-0.2, 0) is 0 Å². The Morgan fingerprint density at radius 3 is 2.46 bits per heavy atom. The monoisotopic (exact) mass is 234 g/mol. The first-order valence-electron chi connectivity index (χ1n) is 3.39. The molecule has 1 rings (SSSR count). The molecule has 0 saturated heterocycles. The summed E-state index contributed by atoms with van der Waals surface area (Å²) in [4.78, 5) is 0. The lowest BCUT2D eigenvalue weighted by Crippen LogP contribution is -1.84. The minimum absolute atomic E-state index is 0.275. The molecule has 1 aromatic rings. The van der Waals surface area contributed by atoms with Gasteiger partial charge in [0.05, 0.1) is 10.0 Å². The van der Waals surface area contributed by atoms with Crippen molar-refractivity contribution in [3.63, 3.8) is 0 Å². The zero-order chi connectivity index (χ0) is 9.84. The summed E-state index contributed by atoms with van der Waals surface area (Å²) < 4.78 is 4.99. The minimum atomic E-state index is 0.275. The van der Waals surface area contributed by atoms with E-state index in [4.69, 9.17) is 39.5 Å². The maximum Gasteiger partial charge on any atom is 0.160 e. The molecule has 0 amide bonds. The fraction of sp³-hybridized carbons (Fsp3) is 0.111. The molecule has 0 radical (unpaired) electrons. The van der Waals surface area contributed by atoms with Gasteiger partial charge in [-0.2, -0.15) is 0 Å². The summed E-state index contributed by atoms with van der Waals surface area (Å²) in [6.45, 7) is 1.66. The number of hydrogen-bond acceptors (Lipinski definition) is 1. The fourth-order valence-corrected chi connectivity index (χ4v) is 1.26. The molecule has 0 spiro atoms. The van der Waals surface area contributed by atoms with Crippen LogP contribution < -0.4 is 4.74 Å². The third-order valence-corrected chi connectivity index (χ3v) is 2.54. The third kappa shape index (κ3) is 2.45. The van der Waals surface area contributed by atoms with Crippen LogP contribution in [0.2, 0.25) is 15.1 Å². The second-order valence-electron chi connectivity index (χ2n) is 2.13. The summed E-state index contributed by atoms with van der Waals surface area (Å²) in [5.41, 5.74) is 0. The molecular formula is C9H5Cl3O. The van der Waals surface area contributed by atoms with E-state index in [-0.39, 0.29) is 10.0 Å². The van der Waals surface area contributed by atoms with Crippen LogP contribution in [0.3, 0.4) is 0 Å². The topological polar surface area (TPSA) is 9.23 Å². The molecule has 0 aliphatic carbocycles. The molecule has 0 aromatic heterocycles. The standard InChI is InChI=1S/C9H5Cl3O/c1-2-5-13-7-4-3-6(10)8(11)9(7)12/h3-4H,1H3. The molecule has 0 unspecified atom stereocenters. The van der Waals surface area contributed by atoms with Crippen molar-refractivity contribution >= 4 is 34.8 Å². The number of ether oxygens (including phenoxy) is 1. The Hall–Kier alpha value is -0.550. The second kappa shape index (κ2) is 4.62. The summed E-state index contributed by atoms with van der Waals surface area (Å²) in [5, 5.41) is 0.944. The number of rotatable bonds is 1. The number of halogens is 3. The summed E-state index contributed by atoms with van der Waals surface area (Å²) in [7, 11) is 0. The minimum Gasteiger partial charge on any atom is -0.406 e. The Morgan fingerprint density at radius 2 is 1.85 bits per heavy atom. The molecule has 68 valence electrons.